The molecule has 20 heavy (non-hydrogen) atoms. The summed E-state index contributed by atoms with van der Waals surface area (Å²) in [6.07, 6.45) is 3.08. The van der Waals surface area contributed by atoms with Gasteiger partial charge >= 0.3 is 0 Å². The van der Waals surface area contributed by atoms with E-state index < -0.39 is 0 Å². The Hall–Kier alpha value is -1.29. The van der Waals surface area contributed by atoms with Crippen molar-refractivity contribution in [2.24, 2.45) is 11.7 Å². The van der Waals surface area contributed by atoms with Gasteiger partial charge in [0, 0.05) is 25.2 Å². The highest BCUT2D eigenvalue weighted by Gasteiger charge is 2.20. The first-order chi connectivity index (χ1) is 9.56. The topological polar surface area (TPSA) is 38.5 Å². The van der Waals surface area contributed by atoms with Crippen LogP contribution in [0.3, 0.4) is 0 Å². The first kappa shape index (κ1) is 15.1. The van der Waals surface area contributed by atoms with E-state index >= 15 is 0 Å². The Bertz CT molecular complexity index is 436. The summed E-state index contributed by atoms with van der Waals surface area (Å²) in [6, 6.07) is 4.90. The van der Waals surface area contributed by atoms with Crippen LogP contribution in [0.1, 0.15) is 33.1 Å². The van der Waals surface area contributed by atoms with Crippen molar-refractivity contribution in [3.63, 3.8) is 0 Å². The Labute approximate surface area is 120 Å². The van der Waals surface area contributed by atoms with Crippen LogP contribution in [0.2, 0.25) is 0 Å². The van der Waals surface area contributed by atoms with Gasteiger partial charge in [0.25, 0.3) is 0 Å². The lowest BCUT2D eigenvalue weighted by molar-refractivity contribution is 0.289. The molecule has 1 aromatic carbocycles. The number of anilines is 1. The Morgan fingerprint density at radius 2 is 2.25 bits per heavy atom. The van der Waals surface area contributed by atoms with Gasteiger partial charge in [-0.3, -0.25) is 0 Å². The third-order valence-electron chi connectivity index (χ3n) is 3.67. The van der Waals surface area contributed by atoms with Crippen LogP contribution in [0, 0.1) is 11.7 Å². The van der Waals surface area contributed by atoms with Gasteiger partial charge in [-0.05, 0) is 37.3 Å². The van der Waals surface area contributed by atoms with Crippen LogP contribution < -0.4 is 15.4 Å². The summed E-state index contributed by atoms with van der Waals surface area (Å²) in [5.74, 6) is 1.14. The molecule has 1 fully saturated rings. The number of hydrogen-bond donors (Lipinski definition) is 1. The van der Waals surface area contributed by atoms with Gasteiger partial charge < -0.3 is 15.4 Å². The first-order valence-electron chi connectivity index (χ1n) is 7.49. The van der Waals surface area contributed by atoms with Crippen molar-refractivity contribution in [1.29, 1.82) is 0 Å². The van der Waals surface area contributed by atoms with Gasteiger partial charge in [-0.1, -0.05) is 13.8 Å². The Kier molecular flexibility index (Phi) is 5.24. The predicted molar refractivity (Wildman–Crippen MR) is 80.8 cm³/mol. The third kappa shape index (κ3) is 4.10. The van der Waals surface area contributed by atoms with Crippen LogP contribution in [0.15, 0.2) is 18.2 Å². The van der Waals surface area contributed by atoms with E-state index in [-0.39, 0.29) is 11.9 Å². The summed E-state index contributed by atoms with van der Waals surface area (Å²) in [5.41, 5.74) is 6.85. The van der Waals surface area contributed by atoms with Crippen LogP contribution in [0.5, 0.6) is 5.75 Å². The highest BCUT2D eigenvalue weighted by atomic mass is 19.1. The van der Waals surface area contributed by atoms with Crippen molar-refractivity contribution >= 4 is 5.69 Å². The molecule has 1 aliphatic heterocycles. The molecule has 0 aromatic heterocycles. The highest BCUT2D eigenvalue weighted by molar-refractivity contribution is 5.59. The van der Waals surface area contributed by atoms with Crippen LogP contribution >= 0.6 is 0 Å². The maximum atomic E-state index is 13.5. The fourth-order valence-electron chi connectivity index (χ4n) is 2.49. The number of ether oxygens (including phenoxy) is 1. The Morgan fingerprint density at radius 3 is 2.95 bits per heavy atom. The molecule has 0 amide bonds. The van der Waals surface area contributed by atoms with Crippen molar-refractivity contribution in [3.8, 4) is 5.75 Å². The summed E-state index contributed by atoms with van der Waals surface area (Å²) in [7, 11) is 0. The zero-order valence-electron chi connectivity index (χ0n) is 12.4. The molecule has 2 rings (SSSR count). The summed E-state index contributed by atoms with van der Waals surface area (Å²) < 4.78 is 19.4. The second-order valence-corrected chi connectivity index (χ2v) is 5.99. The number of nitrogens with zero attached hydrogens (tertiary/aromatic N) is 1. The van der Waals surface area contributed by atoms with Crippen LogP contribution in [0.25, 0.3) is 0 Å². The van der Waals surface area contributed by atoms with Gasteiger partial charge in [-0.25, -0.2) is 4.39 Å². The summed E-state index contributed by atoms with van der Waals surface area (Å²) >= 11 is 0. The van der Waals surface area contributed by atoms with Gasteiger partial charge in [0.1, 0.15) is 11.6 Å². The number of piperidine rings is 1. The minimum Gasteiger partial charge on any atom is -0.491 e. The number of benzene rings is 1. The van der Waals surface area contributed by atoms with Crippen LogP contribution in [-0.2, 0) is 0 Å². The maximum Gasteiger partial charge on any atom is 0.142 e. The maximum absolute atomic E-state index is 13.5. The zero-order valence-corrected chi connectivity index (χ0v) is 12.4. The number of halogens is 1. The highest BCUT2D eigenvalue weighted by Crippen LogP contribution is 2.31. The summed E-state index contributed by atoms with van der Waals surface area (Å²) in [5, 5.41) is 0. The molecule has 1 atom stereocenters. The van der Waals surface area contributed by atoms with Crippen molar-refractivity contribution < 1.29 is 9.13 Å². The molecule has 112 valence electrons. The number of nitrogens with two attached hydrogens (primary N) is 1. The minimum atomic E-state index is -0.227. The monoisotopic (exact) mass is 280 g/mol. The van der Waals surface area contributed by atoms with E-state index in [0.29, 0.717) is 12.5 Å². The van der Waals surface area contributed by atoms with E-state index in [4.69, 9.17) is 10.5 Å². The number of hydrogen-bond acceptors (Lipinski definition) is 3. The second-order valence-electron chi connectivity index (χ2n) is 5.99. The molecule has 3 nitrogen and oxygen atoms in total. The molecule has 0 radical (unpaired) electrons. The van der Waals surface area contributed by atoms with Crippen molar-refractivity contribution in [1.82, 2.24) is 0 Å². The first-order valence-corrected chi connectivity index (χ1v) is 7.49. The molecule has 0 bridgehead atoms. The van der Waals surface area contributed by atoms with Gasteiger partial charge in [0.05, 0.1) is 12.3 Å². The fourth-order valence-corrected chi connectivity index (χ4v) is 2.49. The van der Waals surface area contributed by atoms with E-state index in [1.165, 1.54) is 6.07 Å². The van der Waals surface area contributed by atoms with Gasteiger partial charge in [-0.15, -0.1) is 0 Å². The van der Waals surface area contributed by atoms with Gasteiger partial charge in [-0.2, -0.15) is 0 Å². The average Bonchev–Trinajstić information content (AvgIpc) is 2.40. The van der Waals surface area contributed by atoms with Gasteiger partial charge in [0.2, 0.25) is 0 Å². The standard InChI is InChI=1S/C16H25FN2O/c1-12(2)7-9-20-16-6-5-13(17)10-15(16)19-8-3-4-14(18)11-19/h5-6,10,12,14H,3-4,7-9,11,18H2,1-2H3. The van der Waals surface area contributed by atoms with Crippen molar-refractivity contribution in [2.75, 3.05) is 24.6 Å². The molecular formula is C16H25FN2O. The van der Waals surface area contributed by atoms with E-state index in [1.54, 1.807) is 12.1 Å². The number of rotatable bonds is 5. The molecule has 1 saturated heterocycles. The molecular weight excluding hydrogens is 255 g/mol. The fraction of sp³-hybridized carbons (Fsp3) is 0.625. The SMILES string of the molecule is CC(C)CCOc1ccc(F)cc1N1CCCC(N)C1. The predicted octanol–water partition coefficient (Wildman–Crippen LogP) is 3.18. The molecule has 1 aromatic rings. The van der Waals surface area contributed by atoms with E-state index in [9.17, 15) is 4.39 Å². The Morgan fingerprint density at radius 1 is 1.45 bits per heavy atom. The third-order valence-corrected chi connectivity index (χ3v) is 3.67. The van der Waals surface area contributed by atoms with E-state index in [0.717, 1.165) is 43.8 Å². The van der Waals surface area contributed by atoms with E-state index in [1.807, 2.05) is 0 Å². The normalized spacial score (nSPS) is 19.4. The largest absolute Gasteiger partial charge is 0.491 e. The van der Waals surface area contributed by atoms with E-state index in [2.05, 4.69) is 18.7 Å². The van der Waals surface area contributed by atoms with Gasteiger partial charge in [0.15, 0.2) is 0 Å². The zero-order chi connectivity index (χ0) is 14.5. The average molecular weight is 280 g/mol. The molecule has 1 unspecified atom stereocenters. The molecule has 2 N–H and O–H groups in total. The Balaban J connectivity index is 2.10. The lowest BCUT2D eigenvalue weighted by atomic mass is 10.1. The molecule has 0 aliphatic carbocycles. The van der Waals surface area contributed by atoms with Crippen LogP contribution in [-0.4, -0.2) is 25.7 Å². The molecule has 1 aliphatic rings. The lowest BCUT2D eigenvalue weighted by Gasteiger charge is -2.33. The lowest BCUT2D eigenvalue weighted by Crippen LogP contribution is -2.43. The minimum absolute atomic E-state index is 0.163. The van der Waals surface area contributed by atoms with Crippen molar-refractivity contribution in [3.05, 3.63) is 24.0 Å². The summed E-state index contributed by atoms with van der Waals surface area (Å²) in [6.45, 7) is 6.68. The quantitative estimate of drug-likeness (QED) is 0.900. The molecule has 0 spiro atoms. The smallest absolute Gasteiger partial charge is 0.142 e. The summed E-state index contributed by atoms with van der Waals surface area (Å²) in [4.78, 5) is 2.14. The van der Waals surface area contributed by atoms with Crippen molar-refractivity contribution in [2.45, 2.75) is 39.2 Å². The van der Waals surface area contributed by atoms with Crippen LogP contribution in [0.4, 0.5) is 10.1 Å². The molecule has 0 saturated carbocycles. The second kappa shape index (κ2) is 6.93. The molecule has 1 heterocycles. The molecule has 4 heteroatoms.